The van der Waals surface area contributed by atoms with E-state index < -0.39 is 0 Å². The number of ether oxygens (including phenoxy) is 2. The standard InChI is InChI=1S/C16H21NO2S/c1-4-13-8-9-14(20-13)11-19-16-12(10-17-2)6-5-7-15(16)18-3/h5-9,17H,4,10-11H2,1-3H3. The van der Waals surface area contributed by atoms with Crippen LogP contribution in [0, 0.1) is 0 Å². The van der Waals surface area contributed by atoms with Crippen molar-refractivity contribution in [1.29, 1.82) is 0 Å². The van der Waals surface area contributed by atoms with Crippen LogP contribution in [-0.4, -0.2) is 14.2 Å². The average molecular weight is 291 g/mol. The SMILES string of the molecule is CCc1ccc(COc2c(CNC)cccc2OC)s1. The van der Waals surface area contributed by atoms with Gasteiger partial charge in [0, 0.05) is 21.9 Å². The van der Waals surface area contributed by atoms with Crippen molar-refractivity contribution in [2.24, 2.45) is 0 Å². The van der Waals surface area contributed by atoms with Crippen molar-refractivity contribution in [3.05, 3.63) is 45.6 Å². The molecule has 0 saturated heterocycles. The lowest BCUT2D eigenvalue weighted by Crippen LogP contribution is -2.08. The van der Waals surface area contributed by atoms with Gasteiger partial charge in [0.25, 0.3) is 0 Å². The van der Waals surface area contributed by atoms with Crippen LogP contribution in [0.3, 0.4) is 0 Å². The maximum Gasteiger partial charge on any atom is 0.166 e. The normalized spacial score (nSPS) is 10.6. The first-order valence-electron chi connectivity index (χ1n) is 6.79. The second-order valence-electron chi connectivity index (χ2n) is 4.49. The highest BCUT2D eigenvalue weighted by Gasteiger charge is 2.10. The van der Waals surface area contributed by atoms with Gasteiger partial charge in [-0.1, -0.05) is 19.1 Å². The summed E-state index contributed by atoms with van der Waals surface area (Å²) >= 11 is 1.80. The van der Waals surface area contributed by atoms with Crippen LogP contribution in [0.1, 0.15) is 22.2 Å². The first-order valence-corrected chi connectivity index (χ1v) is 7.61. The summed E-state index contributed by atoms with van der Waals surface area (Å²) in [5, 5.41) is 3.15. The smallest absolute Gasteiger partial charge is 0.166 e. The molecule has 1 aromatic heterocycles. The summed E-state index contributed by atoms with van der Waals surface area (Å²) in [6.07, 6.45) is 1.07. The van der Waals surface area contributed by atoms with Gasteiger partial charge in [0.2, 0.25) is 0 Å². The fraction of sp³-hybridized carbons (Fsp3) is 0.375. The van der Waals surface area contributed by atoms with Crippen molar-refractivity contribution in [1.82, 2.24) is 5.32 Å². The van der Waals surface area contributed by atoms with Gasteiger partial charge in [0.1, 0.15) is 6.61 Å². The van der Waals surface area contributed by atoms with Gasteiger partial charge in [0.05, 0.1) is 7.11 Å². The molecule has 0 spiro atoms. The zero-order valence-corrected chi connectivity index (χ0v) is 13.0. The molecule has 0 bridgehead atoms. The van der Waals surface area contributed by atoms with Crippen LogP contribution in [-0.2, 0) is 19.6 Å². The first-order chi connectivity index (χ1) is 9.78. The number of methoxy groups -OCH3 is 1. The molecule has 2 rings (SSSR count). The van der Waals surface area contributed by atoms with Gasteiger partial charge in [-0.15, -0.1) is 11.3 Å². The fourth-order valence-electron chi connectivity index (χ4n) is 2.05. The molecule has 0 amide bonds. The minimum Gasteiger partial charge on any atom is -0.493 e. The molecule has 0 aliphatic heterocycles. The third kappa shape index (κ3) is 3.52. The van der Waals surface area contributed by atoms with Crippen molar-refractivity contribution < 1.29 is 9.47 Å². The van der Waals surface area contributed by atoms with Crippen molar-refractivity contribution in [3.63, 3.8) is 0 Å². The minimum atomic E-state index is 0.585. The molecular formula is C16H21NO2S. The first kappa shape index (κ1) is 14.9. The summed E-state index contributed by atoms with van der Waals surface area (Å²) in [5.41, 5.74) is 1.11. The van der Waals surface area contributed by atoms with E-state index in [9.17, 15) is 0 Å². The summed E-state index contributed by atoms with van der Waals surface area (Å²) in [6, 6.07) is 10.3. The van der Waals surface area contributed by atoms with Crippen LogP contribution >= 0.6 is 11.3 Å². The van der Waals surface area contributed by atoms with Crippen LogP contribution in [0.4, 0.5) is 0 Å². The molecule has 1 heterocycles. The highest BCUT2D eigenvalue weighted by atomic mass is 32.1. The van der Waals surface area contributed by atoms with Crippen molar-refractivity contribution in [2.75, 3.05) is 14.2 Å². The third-order valence-electron chi connectivity index (χ3n) is 3.07. The van der Waals surface area contributed by atoms with Crippen LogP contribution < -0.4 is 14.8 Å². The Morgan fingerprint density at radius 3 is 2.60 bits per heavy atom. The number of hydrogen-bond donors (Lipinski definition) is 1. The molecule has 2 aromatic rings. The summed E-state index contributed by atoms with van der Waals surface area (Å²) in [6.45, 7) is 3.51. The fourth-order valence-corrected chi connectivity index (χ4v) is 2.92. The molecule has 0 fully saturated rings. The van der Waals surface area contributed by atoms with E-state index in [0.29, 0.717) is 6.61 Å². The maximum absolute atomic E-state index is 6.00. The summed E-state index contributed by atoms with van der Waals surface area (Å²) in [4.78, 5) is 2.63. The van der Waals surface area contributed by atoms with E-state index in [1.54, 1.807) is 18.4 Å². The summed E-state index contributed by atoms with van der Waals surface area (Å²) < 4.78 is 11.4. The molecule has 0 radical (unpaired) electrons. The van der Waals surface area contributed by atoms with Gasteiger partial charge in [0.15, 0.2) is 11.5 Å². The number of aryl methyl sites for hydroxylation is 1. The van der Waals surface area contributed by atoms with Crippen LogP contribution in [0.15, 0.2) is 30.3 Å². The second-order valence-corrected chi connectivity index (χ2v) is 5.74. The molecule has 4 heteroatoms. The Morgan fingerprint density at radius 2 is 1.95 bits per heavy atom. The quantitative estimate of drug-likeness (QED) is 0.845. The van der Waals surface area contributed by atoms with Gasteiger partial charge >= 0.3 is 0 Å². The minimum absolute atomic E-state index is 0.585. The van der Waals surface area contributed by atoms with Gasteiger partial charge in [-0.25, -0.2) is 0 Å². The second kappa shape index (κ2) is 7.31. The van der Waals surface area contributed by atoms with E-state index in [4.69, 9.17) is 9.47 Å². The van der Waals surface area contributed by atoms with Crippen LogP contribution in [0.5, 0.6) is 11.5 Å². The van der Waals surface area contributed by atoms with Crippen molar-refractivity contribution in [2.45, 2.75) is 26.5 Å². The lowest BCUT2D eigenvalue weighted by Gasteiger charge is -2.14. The molecule has 108 valence electrons. The number of nitrogens with one attached hydrogen (secondary N) is 1. The van der Waals surface area contributed by atoms with E-state index in [0.717, 1.165) is 30.0 Å². The van der Waals surface area contributed by atoms with Gasteiger partial charge < -0.3 is 14.8 Å². The predicted octanol–water partition coefficient (Wildman–Crippen LogP) is 3.62. The maximum atomic E-state index is 6.00. The Kier molecular flexibility index (Phi) is 5.44. The lowest BCUT2D eigenvalue weighted by atomic mass is 10.2. The van der Waals surface area contributed by atoms with Crippen LogP contribution in [0.2, 0.25) is 0 Å². The predicted molar refractivity (Wildman–Crippen MR) is 83.8 cm³/mol. The van der Waals surface area contributed by atoms with E-state index in [1.807, 2.05) is 19.2 Å². The number of rotatable bonds is 7. The summed E-state index contributed by atoms with van der Waals surface area (Å²) in [7, 11) is 3.60. The largest absolute Gasteiger partial charge is 0.493 e. The molecule has 3 nitrogen and oxygen atoms in total. The van der Waals surface area contributed by atoms with E-state index in [-0.39, 0.29) is 0 Å². The molecule has 20 heavy (non-hydrogen) atoms. The van der Waals surface area contributed by atoms with Crippen molar-refractivity contribution >= 4 is 11.3 Å². The van der Waals surface area contributed by atoms with Crippen molar-refractivity contribution in [3.8, 4) is 11.5 Å². The zero-order chi connectivity index (χ0) is 14.4. The Hall–Kier alpha value is -1.52. The van der Waals surface area contributed by atoms with Gasteiger partial charge in [-0.3, -0.25) is 0 Å². The molecule has 1 aromatic carbocycles. The highest BCUT2D eigenvalue weighted by molar-refractivity contribution is 7.11. The third-order valence-corrected chi connectivity index (χ3v) is 4.28. The molecule has 0 atom stereocenters. The zero-order valence-electron chi connectivity index (χ0n) is 12.2. The molecule has 0 saturated carbocycles. The molecule has 0 aliphatic carbocycles. The monoisotopic (exact) mass is 291 g/mol. The lowest BCUT2D eigenvalue weighted by molar-refractivity contribution is 0.283. The molecule has 0 aliphatic rings. The Bertz CT molecular complexity index is 551. The summed E-state index contributed by atoms with van der Waals surface area (Å²) in [5.74, 6) is 1.61. The van der Waals surface area contributed by atoms with Gasteiger partial charge in [-0.05, 0) is 31.7 Å². The highest BCUT2D eigenvalue weighted by Crippen LogP contribution is 2.32. The number of hydrogen-bond acceptors (Lipinski definition) is 4. The van der Waals surface area contributed by atoms with E-state index >= 15 is 0 Å². The average Bonchev–Trinajstić information content (AvgIpc) is 2.94. The number of benzene rings is 1. The number of para-hydroxylation sites is 1. The molecular weight excluding hydrogens is 270 g/mol. The number of thiophene rings is 1. The van der Waals surface area contributed by atoms with E-state index in [2.05, 4.69) is 30.4 Å². The van der Waals surface area contributed by atoms with Gasteiger partial charge in [-0.2, -0.15) is 0 Å². The molecule has 1 N–H and O–H groups in total. The molecule has 0 unspecified atom stereocenters. The van der Waals surface area contributed by atoms with Crippen LogP contribution in [0.25, 0.3) is 0 Å². The van der Waals surface area contributed by atoms with E-state index in [1.165, 1.54) is 9.75 Å². The Morgan fingerprint density at radius 1 is 1.15 bits per heavy atom. The Balaban J connectivity index is 2.14. The topological polar surface area (TPSA) is 30.5 Å². The Labute approximate surface area is 124 Å².